The molecular weight excluding hydrogens is 348 g/mol. The minimum Gasteiger partial charge on any atom is -0.358 e. The minimum absolute atomic E-state index is 0.492. The van der Waals surface area contributed by atoms with Gasteiger partial charge in [0.15, 0.2) is 10.9 Å². The van der Waals surface area contributed by atoms with E-state index in [-0.39, 0.29) is 0 Å². The minimum atomic E-state index is 0.492. The van der Waals surface area contributed by atoms with Crippen LogP contribution in [0.25, 0.3) is 0 Å². The maximum Gasteiger partial charge on any atom is 0.172 e. The van der Waals surface area contributed by atoms with Gasteiger partial charge in [-0.25, -0.2) is 9.97 Å². The molecule has 0 aliphatic heterocycles. The SMILES string of the molecule is S=C(NCc1ccc(Cl)cc1)Nc1cnc(Br)cn1. The van der Waals surface area contributed by atoms with Crippen LogP contribution in [0.1, 0.15) is 5.56 Å². The van der Waals surface area contributed by atoms with Crippen LogP contribution in [0.3, 0.4) is 0 Å². The average Bonchev–Trinajstić information content (AvgIpc) is 2.41. The average molecular weight is 358 g/mol. The van der Waals surface area contributed by atoms with Gasteiger partial charge in [-0.15, -0.1) is 0 Å². The molecule has 4 nitrogen and oxygen atoms in total. The molecule has 0 unspecified atom stereocenters. The molecule has 0 spiro atoms. The van der Waals surface area contributed by atoms with Gasteiger partial charge in [0.25, 0.3) is 0 Å². The molecule has 0 aliphatic rings. The number of anilines is 1. The summed E-state index contributed by atoms with van der Waals surface area (Å²) in [5.41, 5.74) is 1.09. The molecule has 0 atom stereocenters. The topological polar surface area (TPSA) is 49.8 Å². The van der Waals surface area contributed by atoms with E-state index in [4.69, 9.17) is 23.8 Å². The molecule has 1 heterocycles. The fraction of sp³-hybridized carbons (Fsp3) is 0.0833. The number of nitrogens with one attached hydrogen (secondary N) is 2. The number of rotatable bonds is 3. The number of nitrogens with zero attached hydrogens (tertiary/aromatic N) is 2. The molecule has 19 heavy (non-hydrogen) atoms. The van der Waals surface area contributed by atoms with Gasteiger partial charge >= 0.3 is 0 Å². The van der Waals surface area contributed by atoms with Crippen molar-refractivity contribution >= 4 is 50.7 Å². The molecule has 2 aromatic rings. The van der Waals surface area contributed by atoms with Gasteiger partial charge in [0.05, 0.1) is 12.4 Å². The highest BCUT2D eigenvalue weighted by Gasteiger charge is 2.00. The summed E-state index contributed by atoms with van der Waals surface area (Å²) in [7, 11) is 0. The number of benzene rings is 1. The van der Waals surface area contributed by atoms with Crippen LogP contribution >= 0.6 is 39.7 Å². The Bertz CT molecular complexity index is 559. The molecular formula is C12H10BrClN4S. The largest absolute Gasteiger partial charge is 0.358 e. The highest BCUT2D eigenvalue weighted by molar-refractivity contribution is 9.10. The van der Waals surface area contributed by atoms with E-state index in [2.05, 4.69) is 36.5 Å². The fourth-order valence-electron chi connectivity index (χ4n) is 1.32. The molecule has 1 aromatic carbocycles. The van der Waals surface area contributed by atoms with Crippen molar-refractivity contribution in [1.29, 1.82) is 0 Å². The molecule has 0 radical (unpaired) electrons. The van der Waals surface area contributed by atoms with Crippen molar-refractivity contribution in [2.75, 3.05) is 5.32 Å². The van der Waals surface area contributed by atoms with Crippen molar-refractivity contribution in [3.05, 3.63) is 51.8 Å². The van der Waals surface area contributed by atoms with Crippen LogP contribution in [-0.4, -0.2) is 15.1 Å². The summed E-state index contributed by atoms with van der Waals surface area (Å²) in [5, 5.41) is 7.24. The molecule has 1 aromatic heterocycles. The van der Waals surface area contributed by atoms with Crippen molar-refractivity contribution in [1.82, 2.24) is 15.3 Å². The highest BCUT2D eigenvalue weighted by atomic mass is 79.9. The standard InChI is InChI=1S/C12H10BrClN4S/c13-10-6-16-11(7-15-10)18-12(19)17-5-8-1-3-9(14)4-2-8/h1-4,6-7H,5H2,(H2,16,17,18,19). The molecule has 0 saturated carbocycles. The Morgan fingerprint density at radius 2 is 1.95 bits per heavy atom. The van der Waals surface area contributed by atoms with Gasteiger partial charge in [0, 0.05) is 11.6 Å². The molecule has 2 N–H and O–H groups in total. The zero-order valence-corrected chi connectivity index (χ0v) is 12.9. The van der Waals surface area contributed by atoms with Crippen molar-refractivity contribution in [2.24, 2.45) is 0 Å². The summed E-state index contributed by atoms with van der Waals surface area (Å²) in [6.45, 7) is 0.618. The molecule has 0 bridgehead atoms. The number of thiocarbonyl (C=S) groups is 1. The first-order chi connectivity index (χ1) is 9.13. The van der Waals surface area contributed by atoms with E-state index in [1.54, 1.807) is 12.4 Å². The second-order valence-corrected chi connectivity index (χ2v) is 5.32. The van der Waals surface area contributed by atoms with Crippen LogP contribution in [0.4, 0.5) is 5.82 Å². The van der Waals surface area contributed by atoms with E-state index in [1.165, 1.54) is 0 Å². The van der Waals surface area contributed by atoms with Crippen LogP contribution in [0.5, 0.6) is 0 Å². The normalized spacial score (nSPS) is 10.0. The first-order valence-corrected chi connectivity index (χ1v) is 6.98. The van der Waals surface area contributed by atoms with Gasteiger partial charge < -0.3 is 10.6 Å². The first kappa shape index (κ1) is 14.2. The Balaban J connectivity index is 1.84. The Morgan fingerprint density at radius 1 is 1.21 bits per heavy atom. The van der Waals surface area contributed by atoms with Crippen LogP contribution in [0.2, 0.25) is 5.02 Å². The Kier molecular flexibility index (Phi) is 5.07. The molecule has 0 fully saturated rings. The summed E-state index contributed by atoms with van der Waals surface area (Å²) < 4.78 is 0.679. The van der Waals surface area contributed by atoms with Gasteiger partial charge in [-0.05, 0) is 45.8 Å². The smallest absolute Gasteiger partial charge is 0.172 e. The van der Waals surface area contributed by atoms with E-state index >= 15 is 0 Å². The maximum atomic E-state index is 5.82. The van der Waals surface area contributed by atoms with Gasteiger partial charge in [0.2, 0.25) is 0 Å². The Hall–Kier alpha value is -1.24. The second-order valence-electron chi connectivity index (χ2n) is 3.66. The lowest BCUT2D eigenvalue weighted by molar-refractivity contribution is 0.924. The summed E-state index contributed by atoms with van der Waals surface area (Å²) >= 11 is 14.2. The molecule has 0 amide bonds. The molecule has 7 heteroatoms. The molecule has 0 aliphatic carbocycles. The lowest BCUT2D eigenvalue weighted by atomic mass is 10.2. The predicted molar refractivity (Wildman–Crippen MR) is 84.2 cm³/mol. The molecule has 0 saturated heterocycles. The van der Waals surface area contributed by atoms with E-state index in [9.17, 15) is 0 Å². The first-order valence-electron chi connectivity index (χ1n) is 5.40. The van der Waals surface area contributed by atoms with Crippen LogP contribution in [-0.2, 0) is 6.54 Å². The fourth-order valence-corrected chi connectivity index (χ4v) is 1.83. The van der Waals surface area contributed by atoms with Crippen molar-refractivity contribution in [3.63, 3.8) is 0 Å². The third kappa shape index (κ3) is 4.74. The summed E-state index contributed by atoms with van der Waals surface area (Å²) in [6.07, 6.45) is 3.20. The zero-order valence-electron chi connectivity index (χ0n) is 9.73. The van der Waals surface area contributed by atoms with Crippen LogP contribution < -0.4 is 10.6 Å². The van der Waals surface area contributed by atoms with Crippen LogP contribution in [0.15, 0.2) is 41.3 Å². The quantitative estimate of drug-likeness (QED) is 0.825. The van der Waals surface area contributed by atoms with E-state index in [0.29, 0.717) is 22.1 Å². The van der Waals surface area contributed by atoms with E-state index < -0.39 is 0 Å². The lowest BCUT2D eigenvalue weighted by Crippen LogP contribution is -2.28. The summed E-state index contributed by atoms with van der Waals surface area (Å²) in [4.78, 5) is 8.17. The van der Waals surface area contributed by atoms with Crippen LogP contribution in [0, 0.1) is 0 Å². The zero-order chi connectivity index (χ0) is 13.7. The van der Waals surface area contributed by atoms with Crippen molar-refractivity contribution in [2.45, 2.75) is 6.54 Å². The number of aromatic nitrogens is 2. The third-order valence-electron chi connectivity index (χ3n) is 2.23. The highest BCUT2D eigenvalue weighted by Crippen LogP contribution is 2.09. The lowest BCUT2D eigenvalue weighted by Gasteiger charge is -2.09. The van der Waals surface area contributed by atoms with Gasteiger partial charge in [-0.2, -0.15) is 0 Å². The Morgan fingerprint density at radius 3 is 2.58 bits per heavy atom. The maximum absolute atomic E-state index is 5.82. The predicted octanol–water partition coefficient (Wildman–Crippen LogP) is 3.38. The number of hydrogen-bond donors (Lipinski definition) is 2. The van der Waals surface area contributed by atoms with E-state index in [0.717, 1.165) is 10.6 Å². The summed E-state index contributed by atoms with van der Waals surface area (Å²) in [5.74, 6) is 0.594. The van der Waals surface area contributed by atoms with Gasteiger partial charge in [-0.3, -0.25) is 0 Å². The number of halogens is 2. The number of hydrogen-bond acceptors (Lipinski definition) is 3. The Labute approximate surface area is 129 Å². The molecule has 2 rings (SSSR count). The van der Waals surface area contributed by atoms with E-state index in [1.807, 2.05) is 24.3 Å². The monoisotopic (exact) mass is 356 g/mol. The second kappa shape index (κ2) is 6.79. The summed E-state index contributed by atoms with van der Waals surface area (Å²) in [6, 6.07) is 7.57. The molecule has 98 valence electrons. The third-order valence-corrected chi connectivity index (χ3v) is 3.14. The van der Waals surface area contributed by atoms with Gasteiger partial charge in [-0.1, -0.05) is 23.7 Å². The van der Waals surface area contributed by atoms with Crippen molar-refractivity contribution < 1.29 is 0 Å². The van der Waals surface area contributed by atoms with Crippen molar-refractivity contribution in [3.8, 4) is 0 Å². The van der Waals surface area contributed by atoms with Gasteiger partial charge in [0.1, 0.15) is 4.60 Å².